The minimum absolute atomic E-state index is 0.0130. The monoisotopic (exact) mass is 247 g/mol. The number of aromatic amines is 1. The Bertz CT molecular complexity index is 453. The normalized spacial score (nSPS) is 24.9. The van der Waals surface area contributed by atoms with Gasteiger partial charge < -0.3 is 20.6 Å². The van der Waals surface area contributed by atoms with Crippen LogP contribution >= 0.6 is 11.8 Å². The van der Waals surface area contributed by atoms with Gasteiger partial charge in [0.05, 0.1) is 12.3 Å². The predicted molar refractivity (Wildman–Crippen MR) is 56.4 cm³/mol. The Morgan fingerprint density at radius 3 is 3.12 bits per heavy atom. The number of hydrogen-bond acceptors (Lipinski definition) is 6. The molecule has 1 aliphatic rings. The van der Waals surface area contributed by atoms with Gasteiger partial charge in [0, 0.05) is 5.75 Å². The summed E-state index contributed by atoms with van der Waals surface area (Å²) in [6, 6.07) is 0. The first-order chi connectivity index (χ1) is 7.61. The van der Waals surface area contributed by atoms with E-state index in [0.29, 0.717) is 5.75 Å². The Hall–Kier alpha value is -1.12. The third-order valence-electron chi connectivity index (χ3n) is 2.15. The van der Waals surface area contributed by atoms with Crippen molar-refractivity contribution in [1.82, 2.24) is 9.97 Å². The number of nitrogens with two attached hydrogens (primary N) is 1. The van der Waals surface area contributed by atoms with E-state index in [1.165, 1.54) is 11.8 Å². The van der Waals surface area contributed by atoms with E-state index in [0.717, 1.165) is 0 Å². The number of thioether (sulfide) groups is 1. The molecule has 0 aromatic carbocycles. The zero-order valence-electron chi connectivity index (χ0n) is 8.14. The van der Waals surface area contributed by atoms with Crippen molar-refractivity contribution in [3.63, 3.8) is 0 Å². The second kappa shape index (κ2) is 4.40. The molecule has 0 unspecified atom stereocenters. The van der Waals surface area contributed by atoms with Crippen LogP contribution in [0.25, 0.3) is 0 Å². The Balaban J connectivity index is 2.31. The molecule has 88 valence electrons. The molecule has 1 aromatic rings. The number of aliphatic hydroxyl groups excluding tert-OH is 1. The molecule has 0 saturated carbocycles. The van der Waals surface area contributed by atoms with Crippen LogP contribution in [0.2, 0.25) is 0 Å². The fourth-order valence-corrected chi connectivity index (χ4v) is 2.37. The predicted octanol–water partition coefficient (Wildman–Crippen LogP) is -0.386. The van der Waals surface area contributed by atoms with Crippen molar-refractivity contribution in [2.75, 3.05) is 18.1 Å². The molecule has 16 heavy (non-hydrogen) atoms. The topological polar surface area (TPSA) is 101 Å². The van der Waals surface area contributed by atoms with E-state index < -0.39 is 28.9 Å². The van der Waals surface area contributed by atoms with E-state index in [1.54, 1.807) is 0 Å². The number of nitrogens with zero attached hydrogens (tertiary/aromatic N) is 1. The highest BCUT2D eigenvalue weighted by molar-refractivity contribution is 8.00. The Morgan fingerprint density at radius 2 is 2.50 bits per heavy atom. The Morgan fingerprint density at radius 1 is 1.75 bits per heavy atom. The van der Waals surface area contributed by atoms with Crippen molar-refractivity contribution in [3.05, 3.63) is 22.0 Å². The molecule has 2 atom stereocenters. The van der Waals surface area contributed by atoms with Crippen LogP contribution in [0.5, 0.6) is 0 Å². The quantitative estimate of drug-likeness (QED) is 0.658. The van der Waals surface area contributed by atoms with E-state index in [9.17, 15) is 9.18 Å². The molecular weight excluding hydrogens is 237 g/mol. The molecule has 2 rings (SSSR count). The number of ether oxygens (including phenoxy) is 1. The van der Waals surface area contributed by atoms with Gasteiger partial charge in [0.1, 0.15) is 11.5 Å². The molecule has 4 N–H and O–H groups in total. The highest BCUT2D eigenvalue weighted by Gasteiger charge is 2.30. The summed E-state index contributed by atoms with van der Waals surface area (Å²) >= 11 is 1.34. The zero-order chi connectivity index (χ0) is 11.7. The number of nitrogens with one attached hydrogen (secondary N) is 1. The minimum Gasteiger partial charge on any atom is -0.393 e. The fourth-order valence-electron chi connectivity index (χ4n) is 1.42. The van der Waals surface area contributed by atoms with Gasteiger partial charge in [-0.15, -0.1) is 11.8 Å². The lowest BCUT2D eigenvalue weighted by Gasteiger charge is -2.11. The SMILES string of the molecule is Nc1nc(=O)[nH]c([C@@H]2CS[C@H](CO)O2)c1F. The number of aliphatic hydroxyl groups is 1. The van der Waals surface area contributed by atoms with E-state index in [1.807, 2.05) is 0 Å². The number of anilines is 1. The molecule has 8 heteroatoms. The van der Waals surface area contributed by atoms with Gasteiger partial charge in [0.25, 0.3) is 0 Å². The summed E-state index contributed by atoms with van der Waals surface area (Å²) in [5, 5.41) is 8.86. The van der Waals surface area contributed by atoms with Gasteiger partial charge in [-0.05, 0) is 0 Å². The molecule has 1 aromatic heterocycles. The summed E-state index contributed by atoms with van der Waals surface area (Å²) in [6.07, 6.45) is -0.611. The number of aromatic nitrogens is 2. The second-order valence-corrected chi connectivity index (χ2v) is 4.42. The van der Waals surface area contributed by atoms with Crippen molar-refractivity contribution in [2.45, 2.75) is 11.5 Å². The van der Waals surface area contributed by atoms with Crippen molar-refractivity contribution in [1.29, 1.82) is 0 Å². The van der Waals surface area contributed by atoms with Gasteiger partial charge in [0.15, 0.2) is 11.6 Å². The molecular formula is C8H10FN3O3S. The van der Waals surface area contributed by atoms with E-state index in [-0.39, 0.29) is 12.3 Å². The first-order valence-electron chi connectivity index (χ1n) is 4.55. The van der Waals surface area contributed by atoms with Gasteiger partial charge >= 0.3 is 5.69 Å². The summed E-state index contributed by atoms with van der Waals surface area (Å²) in [7, 11) is 0. The molecule has 0 aliphatic carbocycles. The first kappa shape index (κ1) is 11.4. The fraction of sp³-hybridized carbons (Fsp3) is 0.500. The lowest BCUT2D eigenvalue weighted by atomic mass is 10.2. The zero-order valence-corrected chi connectivity index (χ0v) is 8.96. The van der Waals surface area contributed by atoms with Crippen LogP contribution in [-0.2, 0) is 4.74 Å². The van der Waals surface area contributed by atoms with Crippen LogP contribution in [0.15, 0.2) is 4.79 Å². The highest BCUT2D eigenvalue weighted by atomic mass is 32.2. The summed E-state index contributed by atoms with van der Waals surface area (Å²) in [6.45, 7) is -0.159. The molecule has 0 spiro atoms. The highest BCUT2D eigenvalue weighted by Crippen LogP contribution is 2.35. The lowest BCUT2D eigenvalue weighted by Crippen LogP contribution is -2.21. The van der Waals surface area contributed by atoms with E-state index in [2.05, 4.69) is 9.97 Å². The van der Waals surface area contributed by atoms with Crippen LogP contribution in [0.1, 0.15) is 11.8 Å². The van der Waals surface area contributed by atoms with Gasteiger partial charge in [-0.1, -0.05) is 0 Å². The standard InChI is InChI=1S/C8H10FN3O3S/c9-5-6(11-8(14)12-7(5)10)3-2-16-4(1-13)15-3/h3-4,13H,1-2H2,(H3,10,11,12,14)/t3-,4+/m0/s1. The largest absolute Gasteiger partial charge is 0.393 e. The molecule has 0 radical (unpaired) electrons. The van der Waals surface area contributed by atoms with Gasteiger partial charge in [0.2, 0.25) is 0 Å². The van der Waals surface area contributed by atoms with E-state index in [4.69, 9.17) is 15.6 Å². The lowest BCUT2D eigenvalue weighted by molar-refractivity contribution is 0.0303. The third-order valence-corrected chi connectivity index (χ3v) is 3.27. The van der Waals surface area contributed by atoms with Gasteiger partial charge in [-0.25, -0.2) is 9.18 Å². The minimum atomic E-state index is -0.774. The summed E-state index contributed by atoms with van der Waals surface area (Å²) < 4.78 is 18.9. The number of rotatable bonds is 2. The third kappa shape index (κ3) is 2.04. The van der Waals surface area contributed by atoms with E-state index >= 15 is 0 Å². The van der Waals surface area contributed by atoms with Crippen molar-refractivity contribution < 1.29 is 14.2 Å². The maximum Gasteiger partial charge on any atom is 0.347 e. The first-order valence-corrected chi connectivity index (χ1v) is 5.59. The van der Waals surface area contributed by atoms with Crippen LogP contribution in [0.4, 0.5) is 10.2 Å². The van der Waals surface area contributed by atoms with Crippen LogP contribution in [0.3, 0.4) is 0 Å². The van der Waals surface area contributed by atoms with Gasteiger partial charge in [-0.2, -0.15) is 4.98 Å². The summed E-state index contributed by atoms with van der Waals surface area (Å²) in [5.74, 6) is -0.773. The molecule has 0 amide bonds. The molecule has 1 aliphatic heterocycles. The Labute approximate surface area is 94.0 Å². The van der Waals surface area contributed by atoms with Gasteiger partial charge in [-0.3, -0.25) is 0 Å². The number of halogens is 1. The maximum absolute atomic E-state index is 13.6. The average molecular weight is 247 g/mol. The van der Waals surface area contributed by atoms with Crippen molar-refractivity contribution in [3.8, 4) is 0 Å². The number of H-pyrrole nitrogens is 1. The molecule has 1 saturated heterocycles. The molecule has 0 bridgehead atoms. The second-order valence-electron chi connectivity index (χ2n) is 3.23. The van der Waals surface area contributed by atoms with Crippen LogP contribution < -0.4 is 11.4 Å². The molecule has 1 fully saturated rings. The number of nitrogen functional groups attached to an aromatic ring is 1. The maximum atomic E-state index is 13.6. The molecule has 6 nitrogen and oxygen atoms in total. The average Bonchev–Trinajstić information content (AvgIpc) is 2.71. The van der Waals surface area contributed by atoms with Crippen molar-refractivity contribution >= 4 is 17.6 Å². The number of hydrogen-bond donors (Lipinski definition) is 3. The summed E-state index contributed by atoms with van der Waals surface area (Å²) in [5.41, 5.74) is 4.11. The van der Waals surface area contributed by atoms with Crippen molar-refractivity contribution in [2.24, 2.45) is 0 Å². The summed E-state index contributed by atoms with van der Waals surface area (Å²) in [4.78, 5) is 16.5. The van der Waals surface area contributed by atoms with Crippen LogP contribution in [0, 0.1) is 5.82 Å². The smallest absolute Gasteiger partial charge is 0.347 e. The Kier molecular flexibility index (Phi) is 3.13. The molecule has 2 heterocycles. The van der Waals surface area contributed by atoms with Crippen LogP contribution in [-0.4, -0.2) is 32.9 Å².